The summed E-state index contributed by atoms with van der Waals surface area (Å²) in [6.45, 7) is 0.137. The molecular formula is C9H12N4O3. The van der Waals surface area contributed by atoms with Gasteiger partial charge < -0.3 is 15.3 Å². The zero-order chi connectivity index (χ0) is 12.1. The van der Waals surface area contributed by atoms with Crippen molar-refractivity contribution in [2.75, 3.05) is 25.5 Å². The van der Waals surface area contributed by atoms with E-state index < -0.39 is 5.97 Å². The zero-order valence-electron chi connectivity index (χ0n) is 8.97. The van der Waals surface area contributed by atoms with Crippen molar-refractivity contribution >= 4 is 17.7 Å². The van der Waals surface area contributed by atoms with Gasteiger partial charge in [-0.3, -0.25) is 4.79 Å². The Bertz CT molecular complexity index is 390. The first-order valence-corrected chi connectivity index (χ1v) is 4.51. The predicted molar refractivity (Wildman–Crippen MR) is 56.3 cm³/mol. The van der Waals surface area contributed by atoms with Gasteiger partial charge in [-0.1, -0.05) is 0 Å². The highest BCUT2D eigenvalue weighted by molar-refractivity contribution is 5.85. The van der Waals surface area contributed by atoms with Gasteiger partial charge in [-0.2, -0.15) is 0 Å². The van der Waals surface area contributed by atoms with Crippen LogP contribution in [0, 0.1) is 0 Å². The smallest absolute Gasteiger partial charge is 0.356 e. The lowest BCUT2D eigenvalue weighted by molar-refractivity contribution is -0.119. The minimum absolute atomic E-state index is 0.128. The summed E-state index contributed by atoms with van der Waals surface area (Å²) in [5, 5.41) is 11.1. The summed E-state index contributed by atoms with van der Waals surface area (Å²) in [6, 6.07) is 0. The quantitative estimate of drug-likeness (QED) is 0.706. The predicted octanol–water partition coefficient (Wildman–Crippen LogP) is -0.643. The maximum Gasteiger partial charge on any atom is 0.356 e. The van der Waals surface area contributed by atoms with Crippen LogP contribution in [0.2, 0.25) is 0 Å². The maximum absolute atomic E-state index is 11.1. The Morgan fingerprint density at radius 1 is 1.44 bits per heavy atom. The van der Waals surface area contributed by atoms with Crippen LogP contribution in [0.15, 0.2) is 12.4 Å². The van der Waals surface area contributed by atoms with E-state index in [1.54, 1.807) is 11.9 Å². The van der Waals surface area contributed by atoms with Crippen LogP contribution in [0.1, 0.15) is 10.5 Å². The number of carboxylic acid groups (broad SMARTS) is 1. The second-order valence-electron chi connectivity index (χ2n) is 3.09. The van der Waals surface area contributed by atoms with Crippen molar-refractivity contribution in [3.05, 3.63) is 18.1 Å². The fourth-order valence-corrected chi connectivity index (χ4v) is 1.00. The van der Waals surface area contributed by atoms with Crippen molar-refractivity contribution in [1.29, 1.82) is 0 Å². The van der Waals surface area contributed by atoms with Crippen molar-refractivity contribution in [2.45, 2.75) is 0 Å². The van der Waals surface area contributed by atoms with Crippen molar-refractivity contribution in [3.8, 4) is 0 Å². The molecule has 0 saturated heterocycles. The molecule has 0 bridgehead atoms. The molecule has 1 amide bonds. The summed E-state index contributed by atoms with van der Waals surface area (Å²) in [6.07, 6.45) is 2.46. The molecule has 0 unspecified atom stereocenters. The molecule has 0 aliphatic heterocycles. The number of hydrogen-bond donors (Lipinski definition) is 2. The van der Waals surface area contributed by atoms with Gasteiger partial charge >= 0.3 is 5.97 Å². The third kappa shape index (κ3) is 2.91. The highest BCUT2D eigenvalue weighted by Crippen LogP contribution is 2.05. The van der Waals surface area contributed by atoms with Gasteiger partial charge in [0, 0.05) is 14.1 Å². The molecule has 0 fully saturated rings. The summed E-state index contributed by atoms with van der Waals surface area (Å²) in [5.74, 6) is -0.854. The number of nitrogens with one attached hydrogen (secondary N) is 1. The molecule has 1 aromatic heterocycles. The fraction of sp³-hybridized carbons (Fsp3) is 0.333. The Labute approximate surface area is 92.1 Å². The molecule has 7 heteroatoms. The Morgan fingerprint density at radius 3 is 2.56 bits per heavy atom. The largest absolute Gasteiger partial charge is 0.476 e. The Balaban J connectivity index is 2.73. The van der Waals surface area contributed by atoms with Crippen molar-refractivity contribution in [2.24, 2.45) is 0 Å². The lowest BCUT2D eigenvalue weighted by Crippen LogP contribution is -2.33. The number of aromatic carboxylic acids is 1. The number of likely N-dealkylation sites (N-methyl/N-ethyl adjacent to an activating group) is 2. The van der Waals surface area contributed by atoms with Crippen LogP contribution in [-0.4, -0.2) is 47.6 Å². The van der Waals surface area contributed by atoms with Crippen LogP contribution < -0.4 is 10.2 Å². The molecule has 0 saturated carbocycles. The van der Waals surface area contributed by atoms with E-state index in [0.717, 1.165) is 6.20 Å². The number of amides is 1. The SMILES string of the molecule is CNC(=O)CN(C)c1cnc(C(=O)O)cn1. The van der Waals surface area contributed by atoms with Crippen LogP contribution in [0.4, 0.5) is 5.82 Å². The third-order valence-corrected chi connectivity index (χ3v) is 1.91. The number of carbonyl (C=O) groups is 2. The zero-order valence-corrected chi connectivity index (χ0v) is 8.97. The van der Waals surface area contributed by atoms with Crippen molar-refractivity contribution in [3.63, 3.8) is 0 Å². The van der Waals surface area contributed by atoms with Gasteiger partial charge in [0.25, 0.3) is 0 Å². The average Bonchev–Trinajstić information content (AvgIpc) is 2.28. The Hall–Kier alpha value is -2.18. The molecule has 16 heavy (non-hydrogen) atoms. The molecule has 2 N–H and O–H groups in total. The molecule has 0 aliphatic rings. The van der Waals surface area contributed by atoms with Gasteiger partial charge in [-0.15, -0.1) is 0 Å². The third-order valence-electron chi connectivity index (χ3n) is 1.91. The normalized spacial score (nSPS) is 9.62. The van der Waals surface area contributed by atoms with Gasteiger partial charge in [-0.05, 0) is 0 Å². The number of aromatic nitrogens is 2. The average molecular weight is 224 g/mol. The fourth-order valence-electron chi connectivity index (χ4n) is 1.00. The van der Waals surface area contributed by atoms with E-state index in [1.807, 2.05) is 0 Å². The van der Waals surface area contributed by atoms with E-state index in [2.05, 4.69) is 15.3 Å². The molecule has 0 atom stereocenters. The summed E-state index contributed by atoms with van der Waals surface area (Å²) in [5.41, 5.74) is -0.128. The van der Waals surface area contributed by atoms with Gasteiger partial charge in [0.1, 0.15) is 5.82 Å². The monoisotopic (exact) mass is 224 g/mol. The van der Waals surface area contributed by atoms with Gasteiger partial charge in [0.05, 0.1) is 18.9 Å². The molecular weight excluding hydrogens is 212 g/mol. The number of carboxylic acids is 1. The highest BCUT2D eigenvalue weighted by Gasteiger charge is 2.09. The van der Waals surface area contributed by atoms with E-state index in [0.29, 0.717) is 5.82 Å². The van der Waals surface area contributed by atoms with E-state index >= 15 is 0 Å². The first-order valence-electron chi connectivity index (χ1n) is 4.51. The Kier molecular flexibility index (Phi) is 3.76. The molecule has 1 rings (SSSR count). The van der Waals surface area contributed by atoms with E-state index in [4.69, 9.17) is 5.11 Å². The molecule has 0 aliphatic carbocycles. The van der Waals surface area contributed by atoms with Crippen LogP contribution in [0.3, 0.4) is 0 Å². The van der Waals surface area contributed by atoms with Crippen LogP contribution in [0.25, 0.3) is 0 Å². The summed E-state index contributed by atoms with van der Waals surface area (Å²) in [7, 11) is 3.20. The molecule has 0 spiro atoms. The van der Waals surface area contributed by atoms with Crippen LogP contribution >= 0.6 is 0 Å². The number of nitrogens with zero attached hydrogens (tertiary/aromatic N) is 3. The van der Waals surface area contributed by atoms with Gasteiger partial charge in [-0.25, -0.2) is 14.8 Å². The second kappa shape index (κ2) is 5.06. The van der Waals surface area contributed by atoms with Gasteiger partial charge in [0.15, 0.2) is 5.69 Å². The lowest BCUT2D eigenvalue weighted by atomic mass is 10.4. The van der Waals surface area contributed by atoms with E-state index in [9.17, 15) is 9.59 Å². The van der Waals surface area contributed by atoms with Gasteiger partial charge in [0.2, 0.25) is 5.91 Å². The van der Waals surface area contributed by atoms with E-state index in [-0.39, 0.29) is 18.1 Å². The minimum Gasteiger partial charge on any atom is -0.476 e. The summed E-state index contributed by atoms with van der Waals surface area (Å²) in [4.78, 5) is 30.8. The molecule has 7 nitrogen and oxygen atoms in total. The number of hydrogen-bond acceptors (Lipinski definition) is 5. The molecule has 1 aromatic rings. The molecule has 0 aromatic carbocycles. The van der Waals surface area contributed by atoms with E-state index in [1.165, 1.54) is 13.2 Å². The summed E-state index contributed by atoms with van der Waals surface area (Å²) >= 11 is 0. The Morgan fingerprint density at radius 2 is 2.12 bits per heavy atom. The topological polar surface area (TPSA) is 95.4 Å². The van der Waals surface area contributed by atoms with Crippen LogP contribution in [-0.2, 0) is 4.79 Å². The number of carbonyl (C=O) groups excluding carboxylic acids is 1. The van der Waals surface area contributed by atoms with Crippen LogP contribution in [0.5, 0.6) is 0 Å². The lowest BCUT2D eigenvalue weighted by Gasteiger charge is -2.16. The first kappa shape index (κ1) is 11.9. The number of rotatable bonds is 4. The molecule has 0 radical (unpaired) electrons. The summed E-state index contributed by atoms with van der Waals surface area (Å²) < 4.78 is 0. The molecule has 1 heterocycles. The second-order valence-corrected chi connectivity index (χ2v) is 3.09. The first-order chi connectivity index (χ1) is 7.54. The molecule has 86 valence electrons. The van der Waals surface area contributed by atoms with Crippen molar-refractivity contribution in [1.82, 2.24) is 15.3 Å². The standard InChI is InChI=1S/C9H12N4O3/c1-10-8(14)5-13(2)7-4-11-6(3-12-7)9(15)16/h3-4H,5H2,1-2H3,(H,10,14)(H,15,16). The maximum atomic E-state index is 11.1. The minimum atomic E-state index is -1.13. The number of anilines is 1. The van der Waals surface area contributed by atoms with Crippen molar-refractivity contribution < 1.29 is 14.7 Å². The highest BCUT2D eigenvalue weighted by atomic mass is 16.4.